The topological polar surface area (TPSA) is 92.8 Å². The number of hydrogen-bond donors (Lipinski definition) is 1. The highest BCUT2D eigenvalue weighted by molar-refractivity contribution is 7.92. The number of hydrogen-bond acceptors (Lipinski definition) is 5. The van der Waals surface area contributed by atoms with Crippen molar-refractivity contribution in [3.8, 4) is 0 Å². The number of cyclic esters (lactones) is 1. The summed E-state index contributed by atoms with van der Waals surface area (Å²) < 4.78 is 32.2. The summed E-state index contributed by atoms with van der Waals surface area (Å²) in [5.74, 6) is -0.500. The van der Waals surface area contributed by atoms with E-state index in [0.29, 0.717) is 5.56 Å². The third-order valence-electron chi connectivity index (χ3n) is 3.95. The van der Waals surface area contributed by atoms with Crippen LogP contribution >= 0.6 is 0 Å². The van der Waals surface area contributed by atoms with Gasteiger partial charge in [-0.3, -0.25) is 4.79 Å². The number of amides is 2. The Labute approximate surface area is 157 Å². The van der Waals surface area contributed by atoms with Gasteiger partial charge < -0.3 is 4.74 Å². The number of ether oxygens (including phenoxy) is 1. The molecule has 0 aliphatic carbocycles. The molecule has 0 aromatic heterocycles. The number of nitrogens with zero attached hydrogens (tertiary/aromatic N) is 1. The zero-order valence-electron chi connectivity index (χ0n) is 14.3. The van der Waals surface area contributed by atoms with Gasteiger partial charge in [0.2, 0.25) is 10.0 Å². The van der Waals surface area contributed by atoms with Gasteiger partial charge in [0.15, 0.2) is 6.61 Å². The zero-order chi connectivity index (χ0) is 19.3. The van der Waals surface area contributed by atoms with Crippen LogP contribution in [0.5, 0.6) is 0 Å². The van der Waals surface area contributed by atoms with Crippen molar-refractivity contribution in [3.63, 3.8) is 0 Å². The smallest absolute Gasteiger partial charge is 0.417 e. The van der Waals surface area contributed by atoms with Gasteiger partial charge in [-0.1, -0.05) is 60.7 Å². The number of imide groups is 1. The molecule has 0 saturated carbocycles. The SMILES string of the molecule is O=C1COC(=O)N1CC(NS(=O)(=O)C=Cc1ccccc1)c1ccccc1. The standard InChI is InChI=1S/C19H18N2O5S/c22-18-14-26-19(23)21(18)13-17(16-9-5-2-6-10-16)20-27(24,25)12-11-15-7-3-1-4-8-15/h1-12,17,20H,13-14H2. The molecule has 1 saturated heterocycles. The van der Waals surface area contributed by atoms with E-state index in [1.807, 2.05) is 6.07 Å². The summed E-state index contributed by atoms with van der Waals surface area (Å²) in [6.07, 6.45) is 0.694. The molecule has 27 heavy (non-hydrogen) atoms. The van der Waals surface area contributed by atoms with Crippen molar-refractivity contribution < 1.29 is 22.7 Å². The van der Waals surface area contributed by atoms with E-state index < -0.39 is 28.1 Å². The summed E-state index contributed by atoms with van der Waals surface area (Å²) in [5.41, 5.74) is 1.36. The van der Waals surface area contributed by atoms with Gasteiger partial charge in [-0.25, -0.2) is 22.8 Å². The molecule has 0 radical (unpaired) electrons. The molecule has 1 aliphatic heterocycles. The second-order valence-electron chi connectivity index (χ2n) is 5.90. The number of sulfonamides is 1. The van der Waals surface area contributed by atoms with Crippen LogP contribution in [-0.4, -0.2) is 38.5 Å². The maximum absolute atomic E-state index is 12.5. The van der Waals surface area contributed by atoms with E-state index in [1.165, 1.54) is 6.08 Å². The lowest BCUT2D eigenvalue weighted by atomic mass is 10.1. The molecule has 2 aromatic carbocycles. The van der Waals surface area contributed by atoms with Crippen molar-refractivity contribution in [1.29, 1.82) is 0 Å². The third kappa shape index (κ3) is 5.02. The van der Waals surface area contributed by atoms with Crippen LogP contribution in [0.1, 0.15) is 17.2 Å². The fraction of sp³-hybridized carbons (Fsp3) is 0.158. The molecule has 1 atom stereocenters. The van der Waals surface area contributed by atoms with E-state index in [9.17, 15) is 18.0 Å². The molecule has 2 amide bonds. The van der Waals surface area contributed by atoms with Crippen LogP contribution in [0.25, 0.3) is 6.08 Å². The minimum atomic E-state index is -3.82. The maximum atomic E-state index is 12.5. The Morgan fingerprint density at radius 1 is 1.04 bits per heavy atom. The molecule has 2 aromatic rings. The van der Waals surface area contributed by atoms with E-state index in [2.05, 4.69) is 4.72 Å². The van der Waals surface area contributed by atoms with E-state index >= 15 is 0 Å². The normalized spacial score (nSPS) is 15.9. The molecular weight excluding hydrogens is 368 g/mol. The number of nitrogens with one attached hydrogen (secondary N) is 1. The van der Waals surface area contributed by atoms with Crippen molar-refractivity contribution in [2.24, 2.45) is 0 Å². The molecule has 0 bridgehead atoms. The van der Waals surface area contributed by atoms with Crippen molar-refractivity contribution in [2.75, 3.05) is 13.2 Å². The number of rotatable bonds is 7. The third-order valence-corrected chi connectivity index (χ3v) is 5.06. The summed E-state index contributed by atoms with van der Waals surface area (Å²) in [7, 11) is -3.82. The van der Waals surface area contributed by atoms with Crippen molar-refractivity contribution in [3.05, 3.63) is 77.2 Å². The second kappa shape index (κ2) is 8.15. The Bertz CT molecular complexity index is 927. The summed E-state index contributed by atoms with van der Waals surface area (Å²) in [6, 6.07) is 16.9. The number of benzene rings is 2. The van der Waals surface area contributed by atoms with E-state index in [0.717, 1.165) is 15.9 Å². The minimum Gasteiger partial charge on any atom is -0.439 e. The highest BCUT2D eigenvalue weighted by Crippen LogP contribution is 2.19. The lowest BCUT2D eigenvalue weighted by Gasteiger charge is -2.22. The van der Waals surface area contributed by atoms with Crippen LogP contribution in [0, 0.1) is 0 Å². The summed E-state index contributed by atoms with van der Waals surface area (Å²) in [4.78, 5) is 24.4. The molecule has 8 heteroatoms. The first-order valence-corrected chi connectivity index (χ1v) is 9.77. The number of carbonyl (C=O) groups is 2. The van der Waals surface area contributed by atoms with E-state index in [1.54, 1.807) is 54.6 Å². The second-order valence-corrected chi connectivity index (χ2v) is 7.50. The van der Waals surface area contributed by atoms with E-state index in [-0.39, 0.29) is 13.2 Å². The zero-order valence-corrected chi connectivity index (χ0v) is 15.1. The molecule has 1 unspecified atom stereocenters. The van der Waals surface area contributed by atoms with Crippen LogP contribution in [0.2, 0.25) is 0 Å². The van der Waals surface area contributed by atoms with Gasteiger partial charge in [-0.15, -0.1) is 0 Å². The molecular formula is C19H18N2O5S. The van der Waals surface area contributed by atoms with Gasteiger partial charge >= 0.3 is 6.09 Å². The van der Waals surface area contributed by atoms with Crippen LogP contribution in [0.3, 0.4) is 0 Å². The van der Waals surface area contributed by atoms with Crippen LogP contribution < -0.4 is 4.72 Å². The Morgan fingerprint density at radius 3 is 2.26 bits per heavy atom. The monoisotopic (exact) mass is 386 g/mol. The number of carbonyl (C=O) groups excluding carboxylic acids is 2. The van der Waals surface area contributed by atoms with Crippen LogP contribution in [0.15, 0.2) is 66.1 Å². The van der Waals surface area contributed by atoms with E-state index in [4.69, 9.17) is 4.74 Å². The van der Waals surface area contributed by atoms with Gasteiger partial charge in [0.05, 0.1) is 12.6 Å². The first kappa shape index (κ1) is 18.8. The summed E-state index contributed by atoms with van der Waals surface area (Å²) >= 11 is 0. The average molecular weight is 386 g/mol. The Hall–Kier alpha value is -2.97. The molecule has 140 valence electrons. The molecule has 1 N–H and O–H groups in total. The quantitative estimate of drug-likeness (QED) is 0.788. The van der Waals surface area contributed by atoms with Gasteiger partial charge in [-0.05, 0) is 17.2 Å². The lowest BCUT2D eigenvalue weighted by Crippen LogP contribution is -2.39. The molecule has 0 spiro atoms. The van der Waals surface area contributed by atoms with Crippen molar-refractivity contribution in [1.82, 2.24) is 9.62 Å². The molecule has 1 aliphatic rings. The van der Waals surface area contributed by atoms with Crippen molar-refractivity contribution in [2.45, 2.75) is 6.04 Å². The van der Waals surface area contributed by atoms with Gasteiger partial charge in [0.25, 0.3) is 5.91 Å². The minimum absolute atomic E-state index is 0.153. The molecule has 7 nitrogen and oxygen atoms in total. The van der Waals surface area contributed by atoms with Gasteiger partial charge in [0, 0.05) is 5.41 Å². The molecule has 1 fully saturated rings. The Kier molecular flexibility index (Phi) is 5.68. The lowest BCUT2D eigenvalue weighted by molar-refractivity contribution is -0.126. The fourth-order valence-electron chi connectivity index (χ4n) is 2.61. The summed E-state index contributed by atoms with van der Waals surface area (Å²) in [6.45, 7) is -0.485. The Morgan fingerprint density at radius 2 is 1.67 bits per heavy atom. The molecule has 3 rings (SSSR count). The van der Waals surface area contributed by atoms with Crippen LogP contribution in [0.4, 0.5) is 4.79 Å². The highest BCUT2D eigenvalue weighted by Gasteiger charge is 2.34. The van der Waals surface area contributed by atoms with Gasteiger partial charge in [-0.2, -0.15) is 0 Å². The highest BCUT2D eigenvalue weighted by atomic mass is 32.2. The fourth-order valence-corrected chi connectivity index (χ4v) is 3.63. The predicted molar refractivity (Wildman–Crippen MR) is 99.8 cm³/mol. The first-order valence-electron chi connectivity index (χ1n) is 8.22. The van der Waals surface area contributed by atoms with Gasteiger partial charge in [0.1, 0.15) is 0 Å². The predicted octanol–water partition coefficient (Wildman–Crippen LogP) is 2.30. The molecule has 1 heterocycles. The maximum Gasteiger partial charge on any atom is 0.417 e. The van der Waals surface area contributed by atoms with Crippen molar-refractivity contribution >= 4 is 28.1 Å². The van der Waals surface area contributed by atoms with Crippen LogP contribution in [-0.2, 0) is 19.6 Å². The summed E-state index contributed by atoms with van der Waals surface area (Å²) in [5, 5.41) is 1.06. The average Bonchev–Trinajstić information content (AvgIpc) is 2.99. The first-order chi connectivity index (χ1) is 12.9. The largest absolute Gasteiger partial charge is 0.439 e. The Balaban J connectivity index is 1.81.